The van der Waals surface area contributed by atoms with Crippen LogP contribution in [-0.2, 0) is 20.6 Å². The van der Waals surface area contributed by atoms with Crippen molar-refractivity contribution in [2.24, 2.45) is 0 Å². The minimum absolute atomic E-state index is 0.0601. The van der Waals surface area contributed by atoms with Crippen molar-refractivity contribution in [1.82, 2.24) is 4.89 Å². The molecular formula is C13H17NO5S. The van der Waals surface area contributed by atoms with Crippen LogP contribution in [0.4, 0.5) is 0 Å². The van der Waals surface area contributed by atoms with Crippen LogP contribution in [0.2, 0.25) is 0 Å². The fourth-order valence-corrected chi connectivity index (χ4v) is 3.15. The first-order chi connectivity index (χ1) is 9.46. The van der Waals surface area contributed by atoms with Crippen LogP contribution in [0.15, 0.2) is 24.3 Å². The van der Waals surface area contributed by atoms with Crippen molar-refractivity contribution >= 4 is 16.0 Å². The molecule has 7 heteroatoms. The fourth-order valence-electron chi connectivity index (χ4n) is 2.19. The van der Waals surface area contributed by atoms with E-state index in [9.17, 15) is 13.2 Å². The van der Waals surface area contributed by atoms with Crippen molar-refractivity contribution in [2.45, 2.75) is 37.5 Å². The molecule has 2 N–H and O–H groups in total. The van der Waals surface area contributed by atoms with Gasteiger partial charge in [0, 0.05) is 0 Å². The Morgan fingerprint density at radius 1 is 1.35 bits per heavy atom. The van der Waals surface area contributed by atoms with Gasteiger partial charge in [-0.1, -0.05) is 29.9 Å². The molecule has 1 aromatic carbocycles. The third-order valence-electron chi connectivity index (χ3n) is 3.17. The number of rotatable bonds is 6. The van der Waals surface area contributed by atoms with E-state index < -0.39 is 16.0 Å². The molecule has 0 bridgehead atoms. The molecule has 0 amide bonds. The standard InChI is InChI=1S/C13H17NO5S/c15-13(16)11-5-3-4-10(8-11)9-20(17,18)14-19-12-6-1-2-7-12/h3-5,8,12,14H,1-2,6-7,9H2,(H,15,16). The van der Waals surface area contributed by atoms with E-state index in [4.69, 9.17) is 9.94 Å². The second-order valence-corrected chi connectivity index (χ2v) is 6.56. The van der Waals surface area contributed by atoms with Gasteiger partial charge < -0.3 is 5.11 Å². The van der Waals surface area contributed by atoms with Gasteiger partial charge in [0.25, 0.3) is 0 Å². The molecule has 1 saturated carbocycles. The molecule has 1 aromatic rings. The van der Waals surface area contributed by atoms with Crippen LogP contribution in [0.5, 0.6) is 0 Å². The highest BCUT2D eigenvalue weighted by Gasteiger charge is 2.19. The number of aromatic carboxylic acids is 1. The molecule has 1 fully saturated rings. The molecule has 0 spiro atoms. The third-order valence-corrected chi connectivity index (χ3v) is 4.24. The molecule has 20 heavy (non-hydrogen) atoms. The number of benzene rings is 1. The Morgan fingerprint density at radius 3 is 2.70 bits per heavy atom. The molecule has 0 atom stereocenters. The highest BCUT2D eigenvalue weighted by atomic mass is 32.2. The summed E-state index contributed by atoms with van der Waals surface area (Å²) in [7, 11) is -3.63. The smallest absolute Gasteiger partial charge is 0.335 e. The Balaban J connectivity index is 1.96. The molecular weight excluding hydrogens is 282 g/mol. The van der Waals surface area contributed by atoms with Gasteiger partial charge in [-0.2, -0.15) is 0 Å². The maximum absolute atomic E-state index is 11.9. The molecule has 0 heterocycles. The number of carboxylic acids is 1. The second kappa shape index (κ2) is 6.34. The number of nitrogens with one attached hydrogen (secondary N) is 1. The van der Waals surface area contributed by atoms with E-state index in [1.54, 1.807) is 6.07 Å². The van der Waals surface area contributed by atoms with E-state index >= 15 is 0 Å². The van der Waals surface area contributed by atoms with Crippen molar-refractivity contribution in [3.63, 3.8) is 0 Å². The van der Waals surface area contributed by atoms with Crippen molar-refractivity contribution in [3.05, 3.63) is 35.4 Å². The van der Waals surface area contributed by atoms with Crippen molar-refractivity contribution in [1.29, 1.82) is 0 Å². The average molecular weight is 299 g/mol. The SMILES string of the molecule is O=C(O)c1cccc(CS(=O)(=O)NOC2CCCC2)c1. The minimum atomic E-state index is -3.63. The maximum atomic E-state index is 11.9. The first-order valence-electron chi connectivity index (χ1n) is 6.44. The van der Waals surface area contributed by atoms with Gasteiger partial charge in [-0.05, 0) is 30.5 Å². The van der Waals surface area contributed by atoms with Gasteiger partial charge in [0.1, 0.15) is 0 Å². The minimum Gasteiger partial charge on any atom is -0.478 e. The Labute approximate surface area is 117 Å². The van der Waals surface area contributed by atoms with Crippen molar-refractivity contribution < 1.29 is 23.2 Å². The summed E-state index contributed by atoms with van der Waals surface area (Å²) in [6.07, 6.45) is 3.75. The monoisotopic (exact) mass is 299 g/mol. The van der Waals surface area contributed by atoms with Gasteiger partial charge in [0.2, 0.25) is 10.0 Å². The lowest BCUT2D eigenvalue weighted by atomic mass is 10.1. The highest BCUT2D eigenvalue weighted by molar-refractivity contribution is 7.88. The van der Waals surface area contributed by atoms with E-state index in [0.717, 1.165) is 25.7 Å². The van der Waals surface area contributed by atoms with Crippen LogP contribution in [0.1, 0.15) is 41.6 Å². The van der Waals surface area contributed by atoms with Crippen LogP contribution in [0, 0.1) is 0 Å². The second-order valence-electron chi connectivity index (χ2n) is 4.87. The van der Waals surface area contributed by atoms with Gasteiger partial charge in [-0.25, -0.2) is 13.2 Å². The lowest BCUT2D eigenvalue weighted by molar-refractivity contribution is 0.0222. The van der Waals surface area contributed by atoms with Crippen LogP contribution < -0.4 is 4.89 Å². The fraction of sp³-hybridized carbons (Fsp3) is 0.462. The van der Waals surface area contributed by atoms with E-state index in [2.05, 4.69) is 4.89 Å². The first kappa shape index (κ1) is 15.0. The summed E-state index contributed by atoms with van der Waals surface area (Å²) >= 11 is 0. The molecule has 6 nitrogen and oxygen atoms in total. The predicted molar refractivity (Wildman–Crippen MR) is 72.5 cm³/mol. The lowest BCUT2D eigenvalue weighted by Gasteiger charge is -2.12. The highest BCUT2D eigenvalue weighted by Crippen LogP contribution is 2.20. The molecule has 0 aliphatic heterocycles. The van der Waals surface area contributed by atoms with Crippen molar-refractivity contribution in [3.8, 4) is 0 Å². The topological polar surface area (TPSA) is 92.7 Å². The number of carboxylic acid groups (broad SMARTS) is 1. The molecule has 1 aliphatic carbocycles. The van der Waals surface area contributed by atoms with Gasteiger partial charge >= 0.3 is 5.97 Å². The third kappa shape index (κ3) is 4.29. The Bertz CT molecular complexity index is 578. The van der Waals surface area contributed by atoms with Gasteiger partial charge in [-0.3, -0.25) is 4.84 Å². The molecule has 0 radical (unpaired) electrons. The van der Waals surface area contributed by atoms with E-state index in [0.29, 0.717) is 5.56 Å². The molecule has 0 aromatic heterocycles. The van der Waals surface area contributed by atoms with Crippen LogP contribution >= 0.6 is 0 Å². The van der Waals surface area contributed by atoms with Gasteiger partial charge in [0.15, 0.2) is 0 Å². The predicted octanol–water partition coefficient (Wildman–Crippen LogP) is 1.68. The van der Waals surface area contributed by atoms with Crippen LogP contribution in [0.25, 0.3) is 0 Å². The zero-order valence-corrected chi connectivity index (χ0v) is 11.7. The van der Waals surface area contributed by atoms with Crippen LogP contribution in [0.3, 0.4) is 0 Å². The number of carbonyl (C=O) groups is 1. The first-order valence-corrected chi connectivity index (χ1v) is 8.09. The molecule has 2 rings (SSSR count). The summed E-state index contributed by atoms with van der Waals surface area (Å²) in [6, 6.07) is 5.85. The summed E-state index contributed by atoms with van der Waals surface area (Å²) in [6.45, 7) is 0. The number of hydrogen-bond donors (Lipinski definition) is 2. The average Bonchev–Trinajstić information content (AvgIpc) is 2.89. The largest absolute Gasteiger partial charge is 0.478 e. The Kier molecular flexibility index (Phi) is 4.74. The van der Waals surface area contributed by atoms with Gasteiger partial charge in [0.05, 0.1) is 17.4 Å². The number of sulfonamides is 1. The Morgan fingerprint density at radius 2 is 2.05 bits per heavy atom. The summed E-state index contributed by atoms with van der Waals surface area (Å²) < 4.78 is 23.7. The molecule has 0 unspecified atom stereocenters. The van der Waals surface area contributed by atoms with Crippen LogP contribution in [-0.4, -0.2) is 25.6 Å². The zero-order chi connectivity index (χ0) is 14.6. The van der Waals surface area contributed by atoms with E-state index in [1.165, 1.54) is 18.2 Å². The normalized spacial score (nSPS) is 16.4. The quantitative estimate of drug-likeness (QED) is 0.780. The summed E-state index contributed by atoms with van der Waals surface area (Å²) in [5.41, 5.74) is 0.474. The van der Waals surface area contributed by atoms with Gasteiger partial charge in [-0.15, -0.1) is 0 Å². The molecule has 0 saturated heterocycles. The summed E-state index contributed by atoms with van der Waals surface area (Å²) in [5.74, 6) is -1.39. The Hall–Kier alpha value is -1.44. The molecule has 1 aliphatic rings. The molecule has 110 valence electrons. The summed E-state index contributed by atoms with van der Waals surface area (Å²) in [4.78, 5) is 18.1. The van der Waals surface area contributed by atoms with E-state index in [-0.39, 0.29) is 17.4 Å². The maximum Gasteiger partial charge on any atom is 0.335 e. The van der Waals surface area contributed by atoms with E-state index in [1.807, 2.05) is 0 Å². The lowest BCUT2D eigenvalue weighted by Crippen LogP contribution is -2.29. The van der Waals surface area contributed by atoms with Crippen molar-refractivity contribution in [2.75, 3.05) is 0 Å². The number of hydrogen-bond acceptors (Lipinski definition) is 4. The zero-order valence-electron chi connectivity index (χ0n) is 10.9. The summed E-state index contributed by atoms with van der Waals surface area (Å²) in [5, 5.41) is 8.86.